The molecule has 1 aliphatic heterocycles. The molecule has 3 atom stereocenters. The number of hydrogen-bond donors (Lipinski definition) is 2. The summed E-state index contributed by atoms with van der Waals surface area (Å²) < 4.78 is 5.53. The van der Waals surface area contributed by atoms with Crippen molar-refractivity contribution in [1.29, 1.82) is 0 Å². The molecule has 0 fully saturated rings. The molecule has 94 valence electrons. The highest BCUT2D eigenvalue weighted by Gasteiger charge is 2.46. The van der Waals surface area contributed by atoms with Gasteiger partial charge in [0.2, 0.25) is 0 Å². The number of rotatable bonds is 1. The first-order valence-corrected chi connectivity index (χ1v) is 5.87. The van der Waals surface area contributed by atoms with Gasteiger partial charge in [-0.15, -0.1) is 0 Å². The zero-order valence-electron chi connectivity index (χ0n) is 10.1. The molecular weight excluding hydrogens is 220 g/mol. The second-order valence-electron chi connectivity index (χ2n) is 4.86. The maximum absolute atomic E-state index is 12.0. The summed E-state index contributed by atoms with van der Waals surface area (Å²) in [6, 6.07) is 0. The van der Waals surface area contributed by atoms with Crippen LogP contribution in [0.4, 0.5) is 0 Å². The number of allylic oxidation sites excluding steroid dienone is 1. The third kappa shape index (κ3) is 2.08. The van der Waals surface area contributed by atoms with Gasteiger partial charge in [0.05, 0.1) is 18.8 Å². The lowest BCUT2D eigenvalue weighted by Crippen LogP contribution is -2.52. The van der Waals surface area contributed by atoms with E-state index in [9.17, 15) is 15.0 Å². The van der Waals surface area contributed by atoms with Gasteiger partial charge in [-0.3, -0.25) is 4.79 Å². The molecular formula is C13H18O4. The number of aliphatic hydroxyl groups is 2. The highest BCUT2D eigenvalue weighted by molar-refractivity contribution is 6.04. The molecule has 2 aliphatic rings. The Hall–Kier alpha value is -0.970. The van der Waals surface area contributed by atoms with Crippen LogP contribution in [0.2, 0.25) is 0 Å². The molecule has 1 aliphatic carbocycles. The van der Waals surface area contributed by atoms with Crippen molar-refractivity contribution in [3.05, 3.63) is 23.3 Å². The van der Waals surface area contributed by atoms with Crippen molar-refractivity contribution < 1.29 is 19.7 Å². The van der Waals surface area contributed by atoms with E-state index < -0.39 is 17.5 Å². The van der Waals surface area contributed by atoms with E-state index in [2.05, 4.69) is 0 Å². The summed E-state index contributed by atoms with van der Waals surface area (Å²) in [5.41, 5.74) is -0.209. The molecule has 0 aromatic heterocycles. The minimum Gasteiger partial charge on any atom is -0.389 e. The smallest absolute Gasteiger partial charge is 0.195 e. The minimum atomic E-state index is -1.67. The standard InChI is InChI=1S/C13H18O4/c1-3-4-9-5-8-6-11(14)13(2,16)12(15)10(8)7-17-9/h3-4,9,11,14,16H,5-7H2,1-2H3. The normalized spacial score (nSPS) is 38.7. The largest absolute Gasteiger partial charge is 0.389 e. The molecule has 2 N–H and O–H groups in total. The molecule has 1 heterocycles. The fourth-order valence-corrected chi connectivity index (χ4v) is 2.38. The van der Waals surface area contributed by atoms with Gasteiger partial charge in [0.25, 0.3) is 0 Å². The summed E-state index contributed by atoms with van der Waals surface area (Å²) in [6.45, 7) is 3.51. The number of hydrogen-bond acceptors (Lipinski definition) is 4. The number of aliphatic hydroxyl groups excluding tert-OH is 1. The summed E-state index contributed by atoms with van der Waals surface area (Å²) in [4.78, 5) is 12.0. The lowest BCUT2D eigenvalue weighted by atomic mass is 9.76. The lowest BCUT2D eigenvalue weighted by Gasteiger charge is -2.38. The van der Waals surface area contributed by atoms with E-state index in [1.54, 1.807) is 0 Å². The second-order valence-corrected chi connectivity index (χ2v) is 4.86. The SMILES string of the molecule is CC=CC1CC2=C(CO1)C(=O)C(C)(O)C(O)C2. The Bertz CT molecular complexity index is 392. The van der Waals surface area contributed by atoms with Crippen molar-refractivity contribution in [2.75, 3.05) is 6.61 Å². The van der Waals surface area contributed by atoms with Gasteiger partial charge in [-0.25, -0.2) is 0 Å². The van der Waals surface area contributed by atoms with Gasteiger partial charge in [-0.1, -0.05) is 17.7 Å². The first kappa shape index (κ1) is 12.5. The molecule has 0 aromatic carbocycles. The number of ether oxygens (including phenoxy) is 1. The van der Waals surface area contributed by atoms with Crippen LogP contribution in [0, 0.1) is 0 Å². The average Bonchev–Trinajstić information content (AvgIpc) is 2.27. The van der Waals surface area contributed by atoms with Crippen LogP contribution < -0.4 is 0 Å². The molecule has 0 radical (unpaired) electrons. The Kier molecular flexibility index (Phi) is 3.21. The van der Waals surface area contributed by atoms with E-state index in [1.165, 1.54) is 6.92 Å². The predicted molar refractivity (Wildman–Crippen MR) is 62.5 cm³/mol. The van der Waals surface area contributed by atoms with Crippen molar-refractivity contribution >= 4 is 5.78 Å². The van der Waals surface area contributed by atoms with E-state index >= 15 is 0 Å². The third-order valence-corrected chi connectivity index (χ3v) is 3.55. The molecule has 4 heteroatoms. The third-order valence-electron chi connectivity index (χ3n) is 3.55. The molecule has 17 heavy (non-hydrogen) atoms. The van der Waals surface area contributed by atoms with E-state index in [4.69, 9.17) is 4.74 Å². The van der Waals surface area contributed by atoms with Crippen LogP contribution in [0.15, 0.2) is 23.3 Å². The zero-order valence-corrected chi connectivity index (χ0v) is 10.1. The number of carbonyl (C=O) groups excluding carboxylic acids is 1. The molecule has 3 unspecified atom stereocenters. The van der Waals surface area contributed by atoms with Crippen LogP contribution in [-0.2, 0) is 9.53 Å². The summed E-state index contributed by atoms with van der Waals surface area (Å²) in [5, 5.41) is 19.7. The molecule has 0 saturated heterocycles. The second kappa shape index (κ2) is 4.37. The number of ketones is 1. The Morgan fingerprint density at radius 3 is 2.82 bits per heavy atom. The molecule has 0 spiro atoms. The van der Waals surface area contributed by atoms with Crippen LogP contribution >= 0.6 is 0 Å². The summed E-state index contributed by atoms with van der Waals surface area (Å²) in [5.74, 6) is -0.398. The van der Waals surface area contributed by atoms with Gasteiger partial charge in [0.1, 0.15) is 0 Å². The average molecular weight is 238 g/mol. The Balaban J connectivity index is 2.27. The van der Waals surface area contributed by atoms with Gasteiger partial charge >= 0.3 is 0 Å². The molecule has 2 rings (SSSR count). The van der Waals surface area contributed by atoms with Gasteiger partial charge in [0.15, 0.2) is 11.4 Å². The van der Waals surface area contributed by atoms with Crippen LogP contribution in [0.5, 0.6) is 0 Å². The van der Waals surface area contributed by atoms with Crippen molar-refractivity contribution in [3.63, 3.8) is 0 Å². The fourth-order valence-electron chi connectivity index (χ4n) is 2.38. The monoisotopic (exact) mass is 238 g/mol. The van der Waals surface area contributed by atoms with E-state index in [-0.39, 0.29) is 12.7 Å². The van der Waals surface area contributed by atoms with Gasteiger partial charge in [-0.05, 0) is 26.7 Å². The number of carbonyl (C=O) groups is 1. The van der Waals surface area contributed by atoms with E-state index in [1.807, 2.05) is 19.1 Å². The molecule has 0 saturated carbocycles. The van der Waals surface area contributed by atoms with Crippen LogP contribution in [0.1, 0.15) is 26.7 Å². The van der Waals surface area contributed by atoms with E-state index in [0.29, 0.717) is 18.4 Å². The Morgan fingerprint density at radius 1 is 1.47 bits per heavy atom. The summed E-state index contributed by atoms with van der Waals surface area (Å²) >= 11 is 0. The number of Topliss-reactive ketones (excluding diaryl/α,β-unsaturated/α-hetero) is 1. The van der Waals surface area contributed by atoms with Gasteiger partial charge < -0.3 is 14.9 Å². The molecule has 0 bridgehead atoms. The quantitative estimate of drug-likeness (QED) is 0.661. The summed E-state index contributed by atoms with van der Waals surface area (Å²) in [7, 11) is 0. The highest BCUT2D eigenvalue weighted by atomic mass is 16.5. The first-order chi connectivity index (χ1) is 7.96. The molecule has 4 nitrogen and oxygen atoms in total. The Morgan fingerprint density at radius 2 is 2.18 bits per heavy atom. The van der Waals surface area contributed by atoms with Crippen molar-refractivity contribution in [2.24, 2.45) is 0 Å². The minimum absolute atomic E-state index is 0.0261. The predicted octanol–water partition coefficient (Wildman–Crippen LogP) is 0.733. The summed E-state index contributed by atoms with van der Waals surface area (Å²) in [6.07, 6.45) is 3.78. The van der Waals surface area contributed by atoms with Crippen molar-refractivity contribution in [3.8, 4) is 0 Å². The molecule has 0 aromatic rings. The van der Waals surface area contributed by atoms with E-state index in [0.717, 1.165) is 5.57 Å². The zero-order chi connectivity index (χ0) is 12.6. The van der Waals surface area contributed by atoms with Crippen LogP contribution in [0.3, 0.4) is 0 Å². The Labute approximate surface area is 101 Å². The maximum Gasteiger partial charge on any atom is 0.195 e. The van der Waals surface area contributed by atoms with Crippen LogP contribution in [0.25, 0.3) is 0 Å². The van der Waals surface area contributed by atoms with Crippen molar-refractivity contribution in [1.82, 2.24) is 0 Å². The first-order valence-electron chi connectivity index (χ1n) is 5.87. The fraction of sp³-hybridized carbons (Fsp3) is 0.615. The maximum atomic E-state index is 12.0. The van der Waals surface area contributed by atoms with Crippen molar-refractivity contribution in [2.45, 2.75) is 44.5 Å². The lowest BCUT2D eigenvalue weighted by molar-refractivity contribution is -0.146. The topological polar surface area (TPSA) is 66.8 Å². The molecule has 0 amide bonds. The van der Waals surface area contributed by atoms with Gasteiger partial charge in [0, 0.05) is 5.57 Å². The van der Waals surface area contributed by atoms with Crippen LogP contribution in [-0.4, -0.2) is 40.4 Å². The highest BCUT2D eigenvalue weighted by Crippen LogP contribution is 2.35. The van der Waals surface area contributed by atoms with Gasteiger partial charge in [-0.2, -0.15) is 0 Å².